The maximum Gasteiger partial charge on any atom is 0.242 e. The van der Waals surface area contributed by atoms with Gasteiger partial charge in [0, 0.05) is 18.8 Å². The van der Waals surface area contributed by atoms with Crippen molar-refractivity contribution >= 4 is 15.8 Å². The van der Waals surface area contributed by atoms with Crippen molar-refractivity contribution in [2.24, 2.45) is 11.8 Å². The van der Waals surface area contributed by atoms with E-state index in [-0.39, 0.29) is 4.90 Å². The van der Waals surface area contributed by atoms with Crippen LogP contribution in [-0.4, -0.2) is 26.0 Å². The molecular weight excluding hydrogens is 286 g/mol. The molecule has 6 heteroatoms. The second kappa shape index (κ2) is 5.93. The zero-order valence-corrected chi connectivity index (χ0v) is 13.2. The van der Waals surface area contributed by atoms with Crippen molar-refractivity contribution in [1.29, 1.82) is 0 Å². The smallest absolute Gasteiger partial charge is 0.242 e. The Labute approximate surface area is 126 Å². The molecule has 3 rings (SSSR count). The van der Waals surface area contributed by atoms with Crippen molar-refractivity contribution < 1.29 is 8.42 Å². The van der Waals surface area contributed by atoms with Gasteiger partial charge in [0.1, 0.15) is 10.7 Å². The lowest BCUT2D eigenvalue weighted by Crippen LogP contribution is -2.31. The van der Waals surface area contributed by atoms with Crippen molar-refractivity contribution in [3.05, 3.63) is 18.3 Å². The summed E-state index contributed by atoms with van der Waals surface area (Å²) in [7, 11) is -3.41. The molecule has 1 atom stereocenters. The summed E-state index contributed by atoms with van der Waals surface area (Å²) in [5.74, 6) is 1.99. The van der Waals surface area contributed by atoms with Crippen molar-refractivity contribution in [2.45, 2.75) is 50.0 Å². The fourth-order valence-corrected chi connectivity index (χ4v) is 3.61. The minimum absolute atomic E-state index is 0.241. The minimum Gasteiger partial charge on any atom is -0.367 e. The third-order valence-electron chi connectivity index (χ3n) is 4.54. The Morgan fingerprint density at radius 3 is 2.57 bits per heavy atom. The highest BCUT2D eigenvalue weighted by Gasteiger charge is 2.25. The number of nitrogens with zero attached hydrogens (tertiary/aromatic N) is 1. The fraction of sp³-hybridized carbons (Fsp3) is 0.667. The molecule has 0 aromatic carbocycles. The van der Waals surface area contributed by atoms with Gasteiger partial charge in [-0.25, -0.2) is 18.1 Å². The van der Waals surface area contributed by atoms with Gasteiger partial charge in [-0.1, -0.05) is 6.42 Å². The monoisotopic (exact) mass is 309 g/mol. The van der Waals surface area contributed by atoms with E-state index in [4.69, 9.17) is 0 Å². The molecule has 2 aliphatic carbocycles. The van der Waals surface area contributed by atoms with Crippen molar-refractivity contribution in [2.75, 3.05) is 11.9 Å². The van der Waals surface area contributed by atoms with Crippen LogP contribution in [0.4, 0.5) is 5.82 Å². The number of hydrogen-bond donors (Lipinski definition) is 2. The Kier molecular flexibility index (Phi) is 4.17. The summed E-state index contributed by atoms with van der Waals surface area (Å²) in [6.45, 7) is 2.70. The molecular formula is C15H23N3O2S. The average Bonchev–Trinajstić information content (AvgIpc) is 3.19. The number of hydrogen-bond acceptors (Lipinski definition) is 4. The molecule has 1 aromatic rings. The van der Waals surface area contributed by atoms with Crippen LogP contribution in [0.2, 0.25) is 0 Å². The van der Waals surface area contributed by atoms with Gasteiger partial charge in [0.05, 0.1) is 0 Å². The molecule has 1 unspecified atom stereocenters. The van der Waals surface area contributed by atoms with Gasteiger partial charge < -0.3 is 5.32 Å². The summed E-state index contributed by atoms with van der Waals surface area (Å²) in [6.07, 6.45) is 7.54. The van der Waals surface area contributed by atoms with E-state index in [0.29, 0.717) is 18.5 Å². The van der Waals surface area contributed by atoms with Gasteiger partial charge in [-0.3, -0.25) is 0 Å². The molecule has 1 aromatic heterocycles. The Bertz CT molecular complexity index is 577. The number of aromatic nitrogens is 1. The molecule has 5 nitrogen and oxygen atoms in total. The maximum atomic E-state index is 12.1. The van der Waals surface area contributed by atoms with E-state index in [1.807, 2.05) is 0 Å². The predicted molar refractivity (Wildman–Crippen MR) is 82.6 cm³/mol. The van der Waals surface area contributed by atoms with Crippen LogP contribution >= 0.6 is 0 Å². The number of rotatable bonds is 7. The molecule has 2 saturated carbocycles. The third kappa shape index (κ3) is 3.74. The van der Waals surface area contributed by atoms with Crippen molar-refractivity contribution in [3.8, 4) is 0 Å². The van der Waals surface area contributed by atoms with Crippen LogP contribution in [0.15, 0.2) is 23.2 Å². The Balaban J connectivity index is 1.59. The van der Waals surface area contributed by atoms with E-state index in [2.05, 4.69) is 21.9 Å². The van der Waals surface area contributed by atoms with Crippen LogP contribution in [0, 0.1) is 11.8 Å². The van der Waals surface area contributed by atoms with E-state index in [0.717, 1.165) is 24.6 Å². The molecule has 0 saturated heterocycles. The number of anilines is 1. The van der Waals surface area contributed by atoms with E-state index < -0.39 is 10.0 Å². The molecule has 21 heavy (non-hydrogen) atoms. The number of nitrogens with one attached hydrogen (secondary N) is 2. The molecule has 116 valence electrons. The van der Waals surface area contributed by atoms with Crippen LogP contribution in [-0.2, 0) is 10.0 Å². The van der Waals surface area contributed by atoms with E-state index in [1.165, 1.54) is 25.5 Å². The van der Waals surface area contributed by atoms with Crippen molar-refractivity contribution in [3.63, 3.8) is 0 Å². The summed E-state index contributed by atoms with van der Waals surface area (Å²) >= 11 is 0. The molecule has 2 fully saturated rings. The Morgan fingerprint density at radius 1 is 1.29 bits per heavy atom. The van der Waals surface area contributed by atoms with Crippen LogP contribution < -0.4 is 10.0 Å². The van der Waals surface area contributed by atoms with E-state index >= 15 is 0 Å². The fourth-order valence-electron chi connectivity index (χ4n) is 2.55. The summed E-state index contributed by atoms with van der Waals surface area (Å²) in [6, 6.07) is 3.76. The second-order valence-electron chi connectivity index (χ2n) is 6.30. The molecule has 0 aliphatic heterocycles. The van der Waals surface area contributed by atoms with Crippen LogP contribution in [0.3, 0.4) is 0 Å². The van der Waals surface area contributed by atoms with Crippen LogP contribution in [0.25, 0.3) is 0 Å². The predicted octanol–water partition coefficient (Wildman–Crippen LogP) is 2.37. The summed E-state index contributed by atoms with van der Waals surface area (Å²) in [5.41, 5.74) is 0. The normalized spacial score (nSPS) is 20.8. The lowest BCUT2D eigenvalue weighted by atomic mass is 9.80. The zero-order chi connectivity index (χ0) is 14.9. The summed E-state index contributed by atoms with van der Waals surface area (Å²) in [4.78, 5) is 4.48. The molecule has 2 aliphatic rings. The molecule has 0 radical (unpaired) electrons. The van der Waals surface area contributed by atoms with Crippen LogP contribution in [0.1, 0.15) is 39.0 Å². The third-order valence-corrected chi connectivity index (χ3v) is 5.95. The first kappa shape index (κ1) is 14.8. The molecule has 0 amide bonds. The van der Waals surface area contributed by atoms with Gasteiger partial charge in [-0.2, -0.15) is 0 Å². The van der Waals surface area contributed by atoms with Gasteiger partial charge in [0.15, 0.2) is 0 Å². The second-order valence-corrected chi connectivity index (χ2v) is 8.07. The first-order valence-electron chi connectivity index (χ1n) is 7.77. The quantitative estimate of drug-likeness (QED) is 0.811. The van der Waals surface area contributed by atoms with Gasteiger partial charge in [-0.15, -0.1) is 0 Å². The summed E-state index contributed by atoms with van der Waals surface area (Å²) in [5, 5.41) is 3.36. The standard InChI is InChI=1S/C15H23N3O2S/c1-11(13-3-2-4-13)18-15-8-7-14(10-16-15)21(19,20)17-9-12-5-6-12/h7-8,10-13,17H,2-6,9H2,1H3,(H,16,18). The van der Waals surface area contributed by atoms with E-state index in [1.54, 1.807) is 12.1 Å². The van der Waals surface area contributed by atoms with E-state index in [9.17, 15) is 8.42 Å². The zero-order valence-electron chi connectivity index (χ0n) is 12.4. The molecule has 1 heterocycles. The highest BCUT2D eigenvalue weighted by molar-refractivity contribution is 7.89. The number of pyridine rings is 1. The van der Waals surface area contributed by atoms with Gasteiger partial charge in [0.25, 0.3) is 0 Å². The van der Waals surface area contributed by atoms with Gasteiger partial charge >= 0.3 is 0 Å². The lowest BCUT2D eigenvalue weighted by Gasteiger charge is -2.32. The van der Waals surface area contributed by atoms with Crippen LogP contribution in [0.5, 0.6) is 0 Å². The summed E-state index contributed by atoms with van der Waals surface area (Å²) < 4.78 is 26.8. The Hall–Kier alpha value is -1.14. The number of sulfonamides is 1. The Morgan fingerprint density at radius 2 is 2.05 bits per heavy atom. The highest BCUT2D eigenvalue weighted by Crippen LogP contribution is 2.31. The molecule has 0 spiro atoms. The molecule has 2 N–H and O–H groups in total. The minimum atomic E-state index is -3.41. The molecule has 0 bridgehead atoms. The SMILES string of the molecule is CC(Nc1ccc(S(=O)(=O)NCC2CC2)cn1)C1CCC1. The first-order chi connectivity index (χ1) is 10.0. The van der Waals surface area contributed by atoms with Gasteiger partial charge in [-0.05, 0) is 56.6 Å². The lowest BCUT2D eigenvalue weighted by molar-refractivity contribution is 0.285. The van der Waals surface area contributed by atoms with Crippen molar-refractivity contribution in [1.82, 2.24) is 9.71 Å². The average molecular weight is 309 g/mol. The maximum absolute atomic E-state index is 12.1. The highest BCUT2D eigenvalue weighted by atomic mass is 32.2. The largest absolute Gasteiger partial charge is 0.367 e. The first-order valence-corrected chi connectivity index (χ1v) is 9.25. The topological polar surface area (TPSA) is 71.1 Å². The van der Waals surface area contributed by atoms with Gasteiger partial charge in [0.2, 0.25) is 10.0 Å².